The standard InChI is InChI=1S/C15H20N2O2/c1-3-19-12-8-4-7-11-13(12)16-15(18)14-10(2)6-5-9-17(11)14/h4,7-8,10,14H,3,5-6,9H2,1-2H3,(H,16,18). The maximum Gasteiger partial charge on any atom is 0.247 e. The van der Waals surface area contributed by atoms with Crippen LogP contribution >= 0.6 is 0 Å². The summed E-state index contributed by atoms with van der Waals surface area (Å²) in [4.78, 5) is 14.6. The number of amides is 1. The van der Waals surface area contributed by atoms with Crippen molar-refractivity contribution in [2.24, 2.45) is 5.92 Å². The minimum Gasteiger partial charge on any atom is -0.492 e. The van der Waals surface area contributed by atoms with Crippen molar-refractivity contribution in [1.82, 2.24) is 0 Å². The predicted molar refractivity (Wildman–Crippen MR) is 75.8 cm³/mol. The van der Waals surface area contributed by atoms with Crippen LogP contribution in [0.5, 0.6) is 5.75 Å². The molecule has 2 unspecified atom stereocenters. The number of benzene rings is 1. The number of carbonyl (C=O) groups is 1. The number of para-hydroxylation sites is 1. The molecule has 2 atom stereocenters. The molecule has 1 aromatic rings. The zero-order chi connectivity index (χ0) is 13.4. The predicted octanol–water partition coefficient (Wildman–Crippen LogP) is 2.64. The molecule has 0 bridgehead atoms. The van der Waals surface area contributed by atoms with Gasteiger partial charge in [-0.05, 0) is 37.8 Å². The minimum absolute atomic E-state index is 0.0295. The van der Waals surface area contributed by atoms with Crippen LogP contribution in [-0.4, -0.2) is 25.1 Å². The van der Waals surface area contributed by atoms with Gasteiger partial charge in [-0.3, -0.25) is 4.79 Å². The number of nitrogens with one attached hydrogen (secondary N) is 1. The van der Waals surface area contributed by atoms with E-state index < -0.39 is 0 Å². The molecule has 0 radical (unpaired) electrons. The molecule has 2 heterocycles. The van der Waals surface area contributed by atoms with Crippen molar-refractivity contribution in [3.8, 4) is 5.75 Å². The van der Waals surface area contributed by atoms with E-state index in [1.807, 2.05) is 19.1 Å². The first-order valence-corrected chi connectivity index (χ1v) is 7.05. The van der Waals surface area contributed by atoms with Gasteiger partial charge in [0.25, 0.3) is 0 Å². The van der Waals surface area contributed by atoms with Gasteiger partial charge in [0, 0.05) is 6.54 Å². The average molecular weight is 260 g/mol. The summed E-state index contributed by atoms with van der Waals surface area (Å²) >= 11 is 0. The highest BCUT2D eigenvalue weighted by Gasteiger charge is 2.39. The number of ether oxygens (including phenoxy) is 1. The van der Waals surface area contributed by atoms with Crippen molar-refractivity contribution < 1.29 is 9.53 Å². The molecule has 0 spiro atoms. The Kier molecular flexibility index (Phi) is 3.09. The molecule has 0 aromatic heterocycles. The van der Waals surface area contributed by atoms with Gasteiger partial charge in [-0.2, -0.15) is 0 Å². The van der Waals surface area contributed by atoms with Crippen LogP contribution in [-0.2, 0) is 4.79 Å². The van der Waals surface area contributed by atoms with Crippen LogP contribution in [0, 0.1) is 5.92 Å². The van der Waals surface area contributed by atoms with Gasteiger partial charge in [-0.25, -0.2) is 0 Å². The van der Waals surface area contributed by atoms with Gasteiger partial charge >= 0.3 is 0 Å². The van der Waals surface area contributed by atoms with E-state index in [1.54, 1.807) is 0 Å². The van der Waals surface area contributed by atoms with Gasteiger partial charge in [-0.1, -0.05) is 13.0 Å². The fourth-order valence-corrected chi connectivity index (χ4v) is 3.22. The highest BCUT2D eigenvalue weighted by atomic mass is 16.5. The Bertz CT molecular complexity index is 501. The Hall–Kier alpha value is -1.71. The lowest BCUT2D eigenvalue weighted by Crippen LogP contribution is -2.54. The molecule has 0 saturated carbocycles. The maximum absolute atomic E-state index is 12.3. The molecule has 2 aliphatic heterocycles. The fourth-order valence-electron chi connectivity index (χ4n) is 3.22. The van der Waals surface area contributed by atoms with Crippen LogP contribution in [0.15, 0.2) is 18.2 Å². The lowest BCUT2D eigenvalue weighted by molar-refractivity contribution is -0.119. The van der Waals surface area contributed by atoms with Gasteiger partial charge in [0.15, 0.2) is 0 Å². The summed E-state index contributed by atoms with van der Waals surface area (Å²) < 4.78 is 5.62. The number of hydrogen-bond donors (Lipinski definition) is 1. The van der Waals surface area contributed by atoms with E-state index >= 15 is 0 Å². The molecule has 0 aliphatic carbocycles. The zero-order valence-corrected chi connectivity index (χ0v) is 11.5. The van der Waals surface area contributed by atoms with Crippen molar-refractivity contribution in [3.63, 3.8) is 0 Å². The average Bonchev–Trinajstić information content (AvgIpc) is 2.40. The van der Waals surface area contributed by atoms with Gasteiger partial charge < -0.3 is 15.0 Å². The summed E-state index contributed by atoms with van der Waals surface area (Å²) in [7, 11) is 0. The lowest BCUT2D eigenvalue weighted by Gasteiger charge is -2.44. The van der Waals surface area contributed by atoms with Crippen molar-refractivity contribution in [2.75, 3.05) is 23.4 Å². The zero-order valence-electron chi connectivity index (χ0n) is 11.5. The number of rotatable bonds is 2. The molecule has 4 heteroatoms. The van der Waals surface area contributed by atoms with Gasteiger partial charge in [-0.15, -0.1) is 0 Å². The second kappa shape index (κ2) is 4.76. The number of hydrogen-bond acceptors (Lipinski definition) is 3. The van der Waals surface area contributed by atoms with E-state index in [-0.39, 0.29) is 11.9 Å². The van der Waals surface area contributed by atoms with E-state index in [4.69, 9.17) is 4.74 Å². The van der Waals surface area contributed by atoms with Crippen LogP contribution in [0.1, 0.15) is 26.7 Å². The van der Waals surface area contributed by atoms with Crippen molar-refractivity contribution in [2.45, 2.75) is 32.7 Å². The summed E-state index contributed by atoms with van der Waals surface area (Å²) in [6, 6.07) is 5.95. The van der Waals surface area contributed by atoms with Crippen LogP contribution in [0.25, 0.3) is 0 Å². The van der Waals surface area contributed by atoms with E-state index in [9.17, 15) is 4.79 Å². The molecular formula is C15H20N2O2. The minimum atomic E-state index is -0.0295. The maximum atomic E-state index is 12.3. The number of nitrogens with zero attached hydrogens (tertiary/aromatic N) is 1. The van der Waals surface area contributed by atoms with Crippen molar-refractivity contribution >= 4 is 17.3 Å². The van der Waals surface area contributed by atoms with Crippen molar-refractivity contribution in [1.29, 1.82) is 0 Å². The first-order valence-electron chi connectivity index (χ1n) is 7.05. The van der Waals surface area contributed by atoms with Crippen LogP contribution < -0.4 is 15.0 Å². The van der Waals surface area contributed by atoms with Crippen LogP contribution in [0.2, 0.25) is 0 Å². The lowest BCUT2D eigenvalue weighted by atomic mass is 9.88. The smallest absolute Gasteiger partial charge is 0.247 e. The van der Waals surface area contributed by atoms with Crippen molar-refractivity contribution in [3.05, 3.63) is 18.2 Å². The summed E-state index contributed by atoms with van der Waals surface area (Å²) in [5.41, 5.74) is 1.93. The molecule has 1 saturated heterocycles. The molecule has 102 valence electrons. The fraction of sp³-hybridized carbons (Fsp3) is 0.533. The van der Waals surface area contributed by atoms with Crippen LogP contribution in [0.3, 0.4) is 0 Å². The Morgan fingerprint density at radius 1 is 1.47 bits per heavy atom. The second-order valence-corrected chi connectivity index (χ2v) is 5.33. The Balaban J connectivity index is 2.04. The first-order chi connectivity index (χ1) is 9.22. The molecule has 2 aliphatic rings. The summed E-state index contributed by atoms with van der Waals surface area (Å²) in [5.74, 6) is 1.27. The molecule has 1 amide bonds. The number of piperidine rings is 1. The SMILES string of the molecule is CCOc1cccc2c1NC(=O)C1C(C)CCCN21. The monoisotopic (exact) mass is 260 g/mol. The van der Waals surface area contributed by atoms with Crippen LogP contribution in [0.4, 0.5) is 11.4 Å². The molecule has 19 heavy (non-hydrogen) atoms. The van der Waals surface area contributed by atoms with Gasteiger partial charge in [0.05, 0.1) is 12.3 Å². The molecule has 4 nitrogen and oxygen atoms in total. The third kappa shape index (κ3) is 1.95. The third-order valence-corrected chi connectivity index (χ3v) is 4.06. The van der Waals surface area contributed by atoms with E-state index in [1.165, 1.54) is 0 Å². The first kappa shape index (κ1) is 12.3. The molecular weight excluding hydrogens is 240 g/mol. The summed E-state index contributed by atoms with van der Waals surface area (Å²) in [5, 5.41) is 3.04. The van der Waals surface area contributed by atoms with E-state index in [0.29, 0.717) is 12.5 Å². The second-order valence-electron chi connectivity index (χ2n) is 5.33. The Labute approximate surface area is 113 Å². The van der Waals surface area contributed by atoms with E-state index in [2.05, 4.69) is 23.2 Å². The normalized spacial score (nSPS) is 25.4. The third-order valence-electron chi connectivity index (χ3n) is 4.06. The molecule has 1 aromatic carbocycles. The summed E-state index contributed by atoms with van der Waals surface area (Å²) in [6.45, 7) is 5.67. The Morgan fingerprint density at radius 2 is 2.32 bits per heavy atom. The molecule has 3 rings (SSSR count). The van der Waals surface area contributed by atoms with E-state index in [0.717, 1.165) is 36.5 Å². The van der Waals surface area contributed by atoms with Gasteiger partial charge in [0.2, 0.25) is 5.91 Å². The Morgan fingerprint density at radius 3 is 3.11 bits per heavy atom. The number of anilines is 2. The highest BCUT2D eigenvalue weighted by molar-refractivity contribution is 6.05. The number of carbonyl (C=O) groups excluding carboxylic acids is 1. The molecule has 1 fully saturated rings. The number of fused-ring (bicyclic) bond motifs is 3. The largest absolute Gasteiger partial charge is 0.492 e. The molecule has 1 N–H and O–H groups in total. The quantitative estimate of drug-likeness (QED) is 0.888. The highest BCUT2D eigenvalue weighted by Crippen LogP contribution is 2.42. The van der Waals surface area contributed by atoms with Gasteiger partial charge in [0.1, 0.15) is 17.5 Å². The summed E-state index contributed by atoms with van der Waals surface area (Å²) in [6.07, 6.45) is 2.26. The topological polar surface area (TPSA) is 41.6 Å².